The van der Waals surface area contributed by atoms with Crippen molar-refractivity contribution in [3.05, 3.63) is 83.8 Å². The van der Waals surface area contributed by atoms with Gasteiger partial charge in [0.25, 0.3) is 5.91 Å². The molecule has 1 amide bonds. The highest BCUT2D eigenvalue weighted by Gasteiger charge is 2.43. The standard InChI is InChI=1S/C24H20N4O4/c1-31-17-8-5-14(6-9-17)21-20-22(27-26-21)24(30)28(16-4-3-11-25-13-16)23(20)15-7-10-18(29)19(12-15)32-2/h3-13,23,29H,1-2H3,(H,26,27). The fourth-order valence-electron chi connectivity index (χ4n) is 4.06. The van der Waals surface area contributed by atoms with Gasteiger partial charge in [-0.05, 0) is 54.1 Å². The number of carbonyl (C=O) groups excluding carboxylic acids is 1. The maximum Gasteiger partial charge on any atom is 0.277 e. The third kappa shape index (κ3) is 3.04. The summed E-state index contributed by atoms with van der Waals surface area (Å²) in [5.74, 6) is 0.867. The first kappa shape index (κ1) is 19.6. The van der Waals surface area contributed by atoms with Crippen LogP contribution >= 0.6 is 0 Å². The number of anilines is 1. The van der Waals surface area contributed by atoms with E-state index in [2.05, 4.69) is 15.2 Å². The molecule has 8 nitrogen and oxygen atoms in total. The second kappa shape index (κ2) is 7.73. The van der Waals surface area contributed by atoms with Crippen LogP contribution in [0.2, 0.25) is 0 Å². The summed E-state index contributed by atoms with van der Waals surface area (Å²) < 4.78 is 10.6. The number of hydrogen-bond donors (Lipinski definition) is 2. The number of hydrogen-bond acceptors (Lipinski definition) is 6. The lowest BCUT2D eigenvalue weighted by atomic mass is 9.95. The average Bonchev–Trinajstić information content (AvgIpc) is 3.39. The number of phenolic OH excluding ortho intramolecular Hbond substituents is 1. The van der Waals surface area contributed by atoms with E-state index in [9.17, 15) is 9.90 Å². The number of ether oxygens (including phenoxy) is 2. The Labute approximate surface area is 184 Å². The summed E-state index contributed by atoms with van der Waals surface area (Å²) in [6.45, 7) is 0. The van der Waals surface area contributed by atoms with Gasteiger partial charge in [0.1, 0.15) is 11.4 Å². The summed E-state index contributed by atoms with van der Waals surface area (Å²) in [5, 5.41) is 17.5. The molecule has 160 valence electrons. The molecule has 1 unspecified atom stereocenters. The van der Waals surface area contributed by atoms with Crippen molar-refractivity contribution in [2.75, 3.05) is 19.1 Å². The number of H-pyrrole nitrogens is 1. The molecule has 2 aromatic heterocycles. The molecule has 0 saturated heterocycles. The minimum Gasteiger partial charge on any atom is -0.504 e. The van der Waals surface area contributed by atoms with Crippen molar-refractivity contribution in [1.82, 2.24) is 15.2 Å². The third-order valence-electron chi connectivity index (χ3n) is 5.58. The van der Waals surface area contributed by atoms with Crippen molar-refractivity contribution in [2.24, 2.45) is 0 Å². The van der Waals surface area contributed by atoms with E-state index in [1.165, 1.54) is 7.11 Å². The van der Waals surface area contributed by atoms with E-state index in [-0.39, 0.29) is 11.7 Å². The first-order valence-electron chi connectivity index (χ1n) is 9.95. The van der Waals surface area contributed by atoms with E-state index in [0.29, 0.717) is 22.8 Å². The molecule has 1 aliphatic rings. The Balaban J connectivity index is 1.71. The second-order valence-electron chi connectivity index (χ2n) is 7.31. The highest BCUT2D eigenvalue weighted by atomic mass is 16.5. The number of benzene rings is 2. The van der Waals surface area contributed by atoms with Gasteiger partial charge in [-0.25, -0.2) is 0 Å². The Hall–Kier alpha value is -4.33. The number of nitrogens with zero attached hydrogens (tertiary/aromatic N) is 3. The molecule has 0 spiro atoms. The zero-order valence-electron chi connectivity index (χ0n) is 17.4. The van der Waals surface area contributed by atoms with E-state index >= 15 is 0 Å². The number of aromatic hydroxyl groups is 1. The number of pyridine rings is 1. The second-order valence-corrected chi connectivity index (χ2v) is 7.31. The highest BCUT2D eigenvalue weighted by Crippen LogP contribution is 2.46. The molecule has 0 saturated carbocycles. The zero-order valence-corrected chi connectivity index (χ0v) is 17.4. The Morgan fingerprint density at radius 2 is 1.88 bits per heavy atom. The predicted octanol–water partition coefficient (Wildman–Crippen LogP) is 3.94. The molecule has 0 aliphatic carbocycles. The first-order chi connectivity index (χ1) is 15.6. The third-order valence-corrected chi connectivity index (χ3v) is 5.58. The molecule has 5 rings (SSSR count). The van der Waals surface area contributed by atoms with Gasteiger partial charge in [-0.1, -0.05) is 6.07 Å². The summed E-state index contributed by atoms with van der Waals surface area (Å²) >= 11 is 0. The van der Waals surface area contributed by atoms with Gasteiger partial charge in [-0.3, -0.25) is 19.8 Å². The summed E-state index contributed by atoms with van der Waals surface area (Å²) in [4.78, 5) is 19.3. The Bertz CT molecular complexity index is 1290. The smallest absolute Gasteiger partial charge is 0.277 e. The molecule has 1 aliphatic heterocycles. The van der Waals surface area contributed by atoms with E-state index < -0.39 is 6.04 Å². The zero-order chi connectivity index (χ0) is 22.2. The lowest BCUT2D eigenvalue weighted by Crippen LogP contribution is -2.29. The monoisotopic (exact) mass is 428 g/mol. The van der Waals surface area contributed by atoms with Crippen LogP contribution in [0.25, 0.3) is 11.3 Å². The molecule has 2 N–H and O–H groups in total. The normalized spacial score (nSPS) is 15.0. The summed E-state index contributed by atoms with van der Waals surface area (Å²) in [6.07, 6.45) is 3.31. The Morgan fingerprint density at radius 1 is 1.06 bits per heavy atom. The van der Waals surface area contributed by atoms with Crippen molar-refractivity contribution in [3.63, 3.8) is 0 Å². The van der Waals surface area contributed by atoms with Gasteiger partial charge in [0.2, 0.25) is 0 Å². The number of methoxy groups -OCH3 is 2. The number of rotatable bonds is 5. The number of aromatic amines is 1. The lowest BCUT2D eigenvalue weighted by molar-refractivity contribution is 0.0988. The molecule has 8 heteroatoms. The maximum absolute atomic E-state index is 13.5. The quantitative estimate of drug-likeness (QED) is 0.499. The molecule has 0 fully saturated rings. The number of phenols is 1. The van der Waals surface area contributed by atoms with Crippen LogP contribution in [0.3, 0.4) is 0 Å². The summed E-state index contributed by atoms with van der Waals surface area (Å²) in [7, 11) is 3.10. The van der Waals surface area contributed by atoms with Crippen molar-refractivity contribution in [3.8, 4) is 28.5 Å². The largest absolute Gasteiger partial charge is 0.504 e. The van der Waals surface area contributed by atoms with Gasteiger partial charge >= 0.3 is 0 Å². The lowest BCUT2D eigenvalue weighted by Gasteiger charge is -2.26. The molecule has 1 atom stereocenters. The van der Waals surface area contributed by atoms with Crippen LogP contribution in [-0.2, 0) is 0 Å². The van der Waals surface area contributed by atoms with Gasteiger partial charge in [-0.15, -0.1) is 0 Å². The van der Waals surface area contributed by atoms with Crippen LogP contribution in [0.15, 0.2) is 67.0 Å². The van der Waals surface area contributed by atoms with Crippen LogP contribution in [-0.4, -0.2) is 40.4 Å². The number of nitrogens with one attached hydrogen (secondary N) is 1. The molecule has 0 radical (unpaired) electrons. The van der Waals surface area contributed by atoms with Gasteiger partial charge < -0.3 is 14.6 Å². The number of fused-ring (bicyclic) bond motifs is 1. The molecule has 4 aromatic rings. The number of aromatic nitrogens is 3. The minimum absolute atomic E-state index is 0.0243. The van der Waals surface area contributed by atoms with Crippen LogP contribution < -0.4 is 14.4 Å². The van der Waals surface area contributed by atoms with Gasteiger partial charge in [0.15, 0.2) is 11.5 Å². The van der Waals surface area contributed by atoms with Crippen molar-refractivity contribution < 1.29 is 19.4 Å². The van der Waals surface area contributed by atoms with Gasteiger partial charge in [0.05, 0.1) is 37.8 Å². The van der Waals surface area contributed by atoms with Crippen LogP contribution in [0.5, 0.6) is 17.2 Å². The topological polar surface area (TPSA) is 101 Å². The van der Waals surface area contributed by atoms with Crippen LogP contribution in [0, 0.1) is 0 Å². The summed E-state index contributed by atoms with van der Waals surface area (Å²) in [6, 6.07) is 15.7. The van der Waals surface area contributed by atoms with E-state index in [4.69, 9.17) is 9.47 Å². The molecular formula is C24H20N4O4. The van der Waals surface area contributed by atoms with Gasteiger partial charge in [0, 0.05) is 17.3 Å². The fourth-order valence-corrected chi connectivity index (χ4v) is 4.06. The van der Waals surface area contributed by atoms with E-state index in [1.807, 2.05) is 30.3 Å². The number of amides is 1. The van der Waals surface area contributed by atoms with Crippen LogP contribution in [0.4, 0.5) is 5.69 Å². The van der Waals surface area contributed by atoms with Crippen molar-refractivity contribution in [2.45, 2.75) is 6.04 Å². The first-order valence-corrected chi connectivity index (χ1v) is 9.95. The average molecular weight is 428 g/mol. The molecule has 3 heterocycles. The highest BCUT2D eigenvalue weighted by molar-refractivity contribution is 6.11. The van der Waals surface area contributed by atoms with E-state index in [0.717, 1.165) is 22.4 Å². The Morgan fingerprint density at radius 3 is 2.56 bits per heavy atom. The molecule has 2 aromatic carbocycles. The number of carbonyl (C=O) groups is 1. The maximum atomic E-state index is 13.5. The van der Waals surface area contributed by atoms with E-state index in [1.54, 1.807) is 48.7 Å². The Kier molecular flexibility index (Phi) is 4.74. The van der Waals surface area contributed by atoms with Gasteiger partial charge in [-0.2, -0.15) is 5.10 Å². The van der Waals surface area contributed by atoms with Crippen molar-refractivity contribution >= 4 is 11.6 Å². The predicted molar refractivity (Wildman–Crippen MR) is 118 cm³/mol. The van der Waals surface area contributed by atoms with Crippen LogP contribution in [0.1, 0.15) is 27.7 Å². The molecular weight excluding hydrogens is 408 g/mol. The fraction of sp³-hybridized carbons (Fsp3) is 0.125. The molecule has 0 bridgehead atoms. The molecule has 32 heavy (non-hydrogen) atoms. The minimum atomic E-state index is -0.493. The summed E-state index contributed by atoms with van der Waals surface area (Å²) in [5.41, 5.74) is 4.10. The van der Waals surface area contributed by atoms with Crippen molar-refractivity contribution in [1.29, 1.82) is 0 Å². The SMILES string of the molecule is COc1ccc(-c2n[nH]c3c2C(c2ccc(O)c(OC)c2)N(c2cccnc2)C3=O)cc1.